The molecule has 0 saturated carbocycles. The quantitative estimate of drug-likeness (QED) is 0.814. The molecule has 1 aromatic rings. The molecule has 1 N–H and O–H groups in total. The van der Waals surface area contributed by atoms with E-state index in [0.29, 0.717) is 5.92 Å². The first kappa shape index (κ1) is 14.2. The van der Waals surface area contributed by atoms with Gasteiger partial charge in [-0.15, -0.1) is 0 Å². The highest BCUT2D eigenvalue weighted by Gasteiger charge is 2.13. The molecule has 0 radical (unpaired) electrons. The van der Waals surface area contributed by atoms with Crippen molar-refractivity contribution in [2.24, 2.45) is 5.92 Å². The van der Waals surface area contributed by atoms with Crippen LogP contribution in [0.25, 0.3) is 0 Å². The van der Waals surface area contributed by atoms with Crippen molar-refractivity contribution in [3.63, 3.8) is 0 Å². The van der Waals surface area contributed by atoms with E-state index in [1.165, 1.54) is 11.3 Å². The van der Waals surface area contributed by atoms with E-state index in [0.717, 1.165) is 19.4 Å². The highest BCUT2D eigenvalue weighted by molar-refractivity contribution is 5.14. The molecule has 17 heavy (non-hydrogen) atoms. The van der Waals surface area contributed by atoms with E-state index in [1.54, 1.807) is 0 Å². The van der Waals surface area contributed by atoms with Crippen LogP contribution in [0.5, 0.6) is 0 Å². The smallest absolute Gasteiger partial charge is 0.0406 e. The van der Waals surface area contributed by atoms with Crippen molar-refractivity contribution in [3.05, 3.63) is 29.6 Å². The van der Waals surface area contributed by atoms with Crippen LogP contribution < -0.4 is 5.32 Å². The second kappa shape index (κ2) is 6.15. The van der Waals surface area contributed by atoms with Gasteiger partial charge in [-0.2, -0.15) is 0 Å². The molecule has 0 aliphatic heterocycles. The summed E-state index contributed by atoms with van der Waals surface area (Å²) in [4.78, 5) is 4.51. The van der Waals surface area contributed by atoms with Gasteiger partial charge >= 0.3 is 0 Å². The maximum absolute atomic E-state index is 4.51. The van der Waals surface area contributed by atoms with Crippen LogP contribution in [0.2, 0.25) is 0 Å². The second-order valence-corrected chi connectivity index (χ2v) is 5.85. The molecule has 96 valence electrons. The lowest BCUT2D eigenvalue weighted by atomic mass is 10.0. The molecule has 0 bridgehead atoms. The number of pyridine rings is 1. The topological polar surface area (TPSA) is 24.9 Å². The molecule has 1 rings (SSSR count). The van der Waals surface area contributed by atoms with Crippen LogP contribution in [-0.2, 0) is 13.0 Å². The Morgan fingerprint density at radius 2 is 2.00 bits per heavy atom. The molecule has 0 unspecified atom stereocenters. The van der Waals surface area contributed by atoms with Crippen molar-refractivity contribution in [2.75, 3.05) is 0 Å². The Morgan fingerprint density at radius 1 is 1.29 bits per heavy atom. The first-order chi connectivity index (χ1) is 7.93. The van der Waals surface area contributed by atoms with Gasteiger partial charge in [0.05, 0.1) is 0 Å². The standard InChI is InChI=1S/C15H26N2/c1-6-15(4,5)17-11-13-7-8-14(16-10-13)9-12(2)3/h7-8,10,12,17H,6,9,11H2,1-5H3. The largest absolute Gasteiger partial charge is 0.308 e. The predicted octanol–water partition coefficient (Wildman–Crippen LogP) is 3.56. The molecule has 0 atom stereocenters. The second-order valence-electron chi connectivity index (χ2n) is 5.85. The molecular formula is C15H26N2. The van der Waals surface area contributed by atoms with Crippen molar-refractivity contribution in [1.82, 2.24) is 10.3 Å². The van der Waals surface area contributed by atoms with Crippen LogP contribution in [0, 0.1) is 5.92 Å². The van der Waals surface area contributed by atoms with Crippen molar-refractivity contribution >= 4 is 0 Å². The van der Waals surface area contributed by atoms with E-state index in [4.69, 9.17) is 0 Å². The third kappa shape index (κ3) is 5.31. The summed E-state index contributed by atoms with van der Waals surface area (Å²) < 4.78 is 0. The SMILES string of the molecule is CCC(C)(C)NCc1ccc(CC(C)C)nc1. The summed E-state index contributed by atoms with van der Waals surface area (Å²) in [6, 6.07) is 4.33. The molecule has 0 aliphatic carbocycles. The fourth-order valence-electron chi connectivity index (χ4n) is 1.57. The summed E-state index contributed by atoms with van der Waals surface area (Å²) in [5.74, 6) is 0.672. The van der Waals surface area contributed by atoms with Crippen LogP contribution in [0.15, 0.2) is 18.3 Å². The normalized spacial score (nSPS) is 12.1. The van der Waals surface area contributed by atoms with Gasteiger partial charge in [-0.25, -0.2) is 0 Å². The van der Waals surface area contributed by atoms with Gasteiger partial charge in [0.15, 0.2) is 0 Å². The van der Waals surface area contributed by atoms with Crippen LogP contribution >= 0.6 is 0 Å². The monoisotopic (exact) mass is 234 g/mol. The molecule has 1 heterocycles. The Hall–Kier alpha value is -0.890. The molecule has 0 aromatic carbocycles. The van der Waals surface area contributed by atoms with Crippen LogP contribution in [0.3, 0.4) is 0 Å². The van der Waals surface area contributed by atoms with Gasteiger partial charge in [-0.05, 0) is 44.2 Å². The Morgan fingerprint density at radius 3 is 2.47 bits per heavy atom. The summed E-state index contributed by atoms with van der Waals surface area (Å²) in [6.07, 6.45) is 4.19. The maximum Gasteiger partial charge on any atom is 0.0406 e. The minimum atomic E-state index is 0.205. The third-order valence-corrected chi connectivity index (χ3v) is 3.16. The molecule has 0 saturated heterocycles. The Kier molecular flexibility index (Phi) is 5.13. The number of hydrogen-bond donors (Lipinski definition) is 1. The molecule has 0 aliphatic rings. The van der Waals surface area contributed by atoms with Gasteiger partial charge in [0.2, 0.25) is 0 Å². The molecule has 0 fully saturated rings. The van der Waals surface area contributed by atoms with Gasteiger partial charge < -0.3 is 5.32 Å². The van der Waals surface area contributed by atoms with Crippen molar-refractivity contribution < 1.29 is 0 Å². The lowest BCUT2D eigenvalue weighted by Crippen LogP contribution is -2.37. The minimum Gasteiger partial charge on any atom is -0.308 e. The van der Waals surface area contributed by atoms with E-state index in [9.17, 15) is 0 Å². The number of rotatable bonds is 6. The molecule has 2 nitrogen and oxygen atoms in total. The average Bonchev–Trinajstić information content (AvgIpc) is 2.28. The minimum absolute atomic E-state index is 0.205. The van der Waals surface area contributed by atoms with Crippen LogP contribution in [0.1, 0.15) is 52.3 Å². The highest BCUT2D eigenvalue weighted by Crippen LogP contribution is 2.10. The zero-order valence-electron chi connectivity index (χ0n) is 11.9. The van der Waals surface area contributed by atoms with E-state index in [1.807, 2.05) is 6.20 Å². The van der Waals surface area contributed by atoms with E-state index in [-0.39, 0.29) is 5.54 Å². The zero-order valence-corrected chi connectivity index (χ0v) is 11.9. The Bertz CT molecular complexity index is 325. The lowest BCUT2D eigenvalue weighted by Gasteiger charge is -2.24. The molecule has 0 amide bonds. The Labute approximate surface area is 106 Å². The number of hydrogen-bond acceptors (Lipinski definition) is 2. The number of nitrogens with zero attached hydrogens (tertiary/aromatic N) is 1. The maximum atomic E-state index is 4.51. The van der Waals surface area contributed by atoms with Crippen LogP contribution in [0.4, 0.5) is 0 Å². The van der Waals surface area contributed by atoms with E-state index < -0.39 is 0 Å². The fraction of sp³-hybridized carbons (Fsp3) is 0.667. The van der Waals surface area contributed by atoms with Crippen molar-refractivity contribution in [3.8, 4) is 0 Å². The summed E-state index contributed by atoms with van der Waals surface area (Å²) in [5, 5.41) is 3.55. The van der Waals surface area contributed by atoms with Crippen LogP contribution in [-0.4, -0.2) is 10.5 Å². The number of nitrogens with one attached hydrogen (secondary N) is 1. The molecule has 1 aromatic heterocycles. The van der Waals surface area contributed by atoms with Gasteiger partial charge in [-0.1, -0.05) is 26.8 Å². The van der Waals surface area contributed by atoms with E-state index >= 15 is 0 Å². The zero-order chi connectivity index (χ0) is 12.9. The first-order valence-corrected chi connectivity index (χ1v) is 6.62. The fourth-order valence-corrected chi connectivity index (χ4v) is 1.57. The first-order valence-electron chi connectivity index (χ1n) is 6.62. The van der Waals surface area contributed by atoms with Gasteiger partial charge in [0.1, 0.15) is 0 Å². The van der Waals surface area contributed by atoms with E-state index in [2.05, 4.69) is 57.1 Å². The number of aromatic nitrogens is 1. The van der Waals surface area contributed by atoms with Gasteiger partial charge in [0.25, 0.3) is 0 Å². The summed E-state index contributed by atoms with van der Waals surface area (Å²) in [6.45, 7) is 12.0. The van der Waals surface area contributed by atoms with Crippen molar-refractivity contribution in [2.45, 2.75) is 59.5 Å². The molecule has 2 heteroatoms. The lowest BCUT2D eigenvalue weighted by molar-refractivity contribution is 0.374. The summed E-state index contributed by atoms with van der Waals surface area (Å²) in [5.41, 5.74) is 2.66. The highest BCUT2D eigenvalue weighted by atomic mass is 14.9. The van der Waals surface area contributed by atoms with Crippen molar-refractivity contribution in [1.29, 1.82) is 0 Å². The summed E-state index contributed by atoms with van der Waals surface area (Å²) in [7, 11) is 0. The summed E-state index contributed by atoms with van der Waals surface area (Å²) >= 11 is 0. The average molecular weight is 234 g/mol. The van der Waals surface area contributed by atoms with Gasteiger partial charge in [0, 0.05) is 24.0 Å². The predicted molar refractivity (Wildman–Crippen MR) is 74.0 cm³/mol. The Balaban J connectivity index is 2.51. The third-order valence-electron chi connectivity index (χ3n) is 3.16. The molecule has 0 spiro atoms. The molecular weight excluding hydrogens is 208 g/mol. The van der Waals surface area contributed by atoms with Gasteiger partial charge in [-0.3, -0.25) is 4.98 Å².